The number of rotatable bonds is 4. The van der Waals surface area contributed by atoms with E-state index < -0.39 is 22.1 Å². The Bertz CT molecular complexity index is 1240. The highest BCUT2D eigenvalue weighted by Crippen LogP contribution is 2.38. The van der Waals surface area contributed by atoms with E-state index in [-0.39, 0.29) is 6.04 Å². The van der Waals surface area contributed by atoms with Crippen molar-refractivity contribution in [2.45, 2.75) is 42.3 Å². The molecule has 0 amide bonds. The molecule has 4 atom stereocenters. The fourth-order valence-electron chi connectivity index (χ4n) is 4.77. The number of hydrogen-bond donors (Lipinski definition) is 3. The Hall–Kier alpha value is -2.67. The van der Waals surface area contributed by atoms with Crippen LogP contribution in [0.25, 0.3) is 21.8 Å². The smallest absolute Gasteiger partial charge is 0.134 e. The summed E-state index contributed by atoms with van der Waals surface area (Å²) >= 11 is 0. The molecule has 5 nitrogen and oxygen atoms in total. The Morgan fingerprint density at radius 3 is 2.07 bits per heavy atom. The van der Waals surface area contributed by atoms with E-state index in [2.05, 4.69) is 33.6 Å². The van der Waals surface area contributed by atoms with Gasteiger partial charge in [0.05, 0.1) is 17.0 Å². The van der Waals surface area contributed by atoms with Crippen molar-refractivity contribution >= 4 is 31.7 Å². The van der Waals surface area contributed by atoms with E-state index in [4.69, 9.17) is 4.78 Å². The molecule has 0 bridgehead atoms. The van der Waals surface area contributed by atoms with Gasteiger partial charge in [-0.25, -0.2) is 13.7 Å². The molecule has 30 heavy (non-hydrogen) atoms. The lowest BCUT2D eigenvalue weighted by Gasteiger charge is -2.37. The molecule has 1 aliphatic rings. The molecule has 3 aromatic carbocycles. The molecule has 0 radical (unpaired) electrons. The van der Waals surface area contributed by atoms with Crippen LogP contribution in [0.1, 0.15) is 25.3 Å². The predicted octanol–water partition coefficient (Wildman–Crippen LogP) is 4.86. The number of benzene rings is 3. The zero-order chi connectivity index (χ0) is 20.7. The first kappa shape index (κ1) is 19.3. The normalized spacial score (nSPS) is 24.1. The third kappa shape index (κ3) is 3.21. The highest BCUT2D eigenvalue weighted by Gasteiger charge is 2.36. The summed E-state index contributed by atoms with van der Waals surface area (Å²) < 4.78 is 26.7. The van der Waals surface area contributed by atoms with E-state index in [1.54, 1.807) is 24.3 Å². The van der Waals surface area contributed by atoms with Crippen molar-refractivity contribution in [2.24, 2.45) is 0 Å². The summed E-state index contributed by atoms with van der Waals surface area (Å²) in [5, 5.41) is 13.7. The third-order valence-electron chi connectivity index (χ3n) is 6.16. The lowest BCUT2D eigenvalue weighted by molar-refractivity contribution is 0.0550. The van der Waals surface area contributed by atoms with Gasteiger partial charge in [-0.15, -0.1) is 0 Å². The van der Waals surface area contributed by atoms with E-state index >= 15 is 0 Å². The molecule has 0 aliphatic heterocycles. The van der Waals surface area contributed by atoms with E-state index in [0.29, 0.717) is 11.3 Å². The molecule has 4 unspecified atom stereocenters. The lowest BCUT2D eigenvalue weighted by Crippen LogP contribution is -2.49. The Morgan fingerprint density at radius 1 is 0.867 bits per heavy atom. The molecule has 1 fully saturated rings. The number of fused-ring (bicyclic) bond motifs is 3. The molecule has 154 valence electrons. The topological polar surface area (TPSA) is 78.1 Å². The van der Waals surface area contributed by atoms with Gasteiger partial charge in [-0.1, -0.05) is 54.6 Å². The molecule has 3 N–H and O–H groups in total. The van der Waals surface area contributed by atoms with Crippen LogP contribution in [-0.2, 0) is 9.92 Å². The maximum atomic E-state index is 13.1. The zero-order valence-electron chi connectivity index (χ0n) is 16.6. The highest BCUT2D eigenvalue weighted by atomic mass is 32.2. The SMILES string of the molecule is N=S(=O)(NC1CCCC(n2c3ccccc3c3ccccc32)C1O)c1ccccc1. The average Bonchev–Trinajstić information content (AvgIpc) is 3.10. The Balaban J connectivity index is 1.53. The summed E-state index contributed by atoms with van der Waals surface area (Å²) in [6.45, 7) is 0. The van der Waals surface area contributed by atoms with Crippen LogP contribution in [0.15, 0.2) is 83.8 Å². The van der Waals surface area contributed by atoms with Crippen LogP contribution >= 0.6 is 0 Å². The van der Waals surface area contributed by atoms with Gasteiger partial charge in [0.2, 0.25) is 0 Å². The molecule has 6 heteroatoms. The lowest BCUT2D eigenvalue weighted by atomic mass is 9.88. The third-order valence-corrected chi connectivity index (χ3v) is 7.73. The van der Waals surface area contributed by atoms with Gasteiger partial charge in [-0.2, -0.15) is 0 Å². The molecular formula is C24H25N3O2S. The van der Waals surface area contributed by atoms with Gasteiger partial charge in [-0.3, -0.25) is 0 Å². The number of aliphatic hydroxyl groups is 1. The summed E-state index contributed by atoms with van der Waals surface area (Å²) in [6, 6.07) is 24.8. The maximum Gasteiger partial charge on any atom is 0.134 e. The zero-order valence-corrected chi connectivity index (χ0v) is 17.4. The first-order valence-electron chi connectivity index (χ1n) is 10.3. The summed E-state index contributed by atoms with van der Waals surface area (Å²) in [5.41, 5.74) is 2.19. The number of nitrogens with one attached hydrogen (secondary N) is 2. The number of para-hydroxylation sites is 2. The molecule has 1 saturated carbocycles. The van der Waals surface area contributed by atoms with E-state index in [1.165, 1.54) is 10.8 Å². The van der Waals surface area contributed by atoms with Crippen LogP contribution in [0, 0.1) is 4.78 Å². The maximum absolute atomic E-state index is 13.1. The second kappa shape index (κ2) is 7.54. The first-order valence-corrected chi connectivity index (χ1v) is 11.9. The van der Waals surface area contributed by atoms with Gasteiger partial charge in [-0.05, 0) is 43.5 Å². The van der Waals surface area contributed by atoms with E-state index in [1.807, 2.05) is 30.3 Å². The van der Waals surface area contributed by atoms with Crippen LogP contribution in [0.4, 0.5) is 0 Å². The first-order chi connectivity index (χ1) is 14.6. The molecule has 1 heterocycles. The van der Waals surface area contributed by atoms with Crippen molar-refractivity contribution in [1.82, 2.24) is 9.29 Å². The van der Waals surface area contributed by atoms with Crippen LogP contribution in [0.2, 0.25) is 0 Å². The van der Waals surface area contributed by atoms with Crippen molar-refractivity contribution < 1.29 is 9.32 Å². The van der Waals surface area contributed by atoms with Gasteiger partial charge in [0.25, 0.3) is 0 Å². The standard InChI is InChI=1S/C24H25N3O2S/c25-30(29,17-9-2-1-3-10-17)26-20-13-8-16-23(24(20)28)27-21-14-6-4-11-18(21)19-12-5-7-15-22(19)27/h1-7,9-12,14-15,20,23-24,28H,8,13,16H2,(H2,25,26,29). The van der Waals surface area contributed by atoms with Crippen molar-refractivity contribution in [3.05, 3.63) is 78.9 Å². The molecule has 4 aromatic rings. The molecular weight excluding hydrogens is 394 g/mol. The summed E-state index contributed by atoms with van der Waals surface area (Å²) in [5.74, 6) is 0. The van der Waals surface area contributed by atoms with Crippen LogP contribution < -0.4 is 4.72 Å². The predicted molar refractivity (Wildman–Crippen MR) is 121 cm³/mol. The molecule has 1 aliphatic carbocycles. The number of hydrogen-bond acceptors (Lipinski definition) is 3. The van der Waals surface area contributed by atoms with E-state index in [0.717, 1.165) is 23.9 Å². The Morgan fingerprint density at radius 2 is 1.43 bits per heavy atom. The number of nitrogens with zero attached hydrogens (tertiary/aromatic N) is 1. The van der Waals surface area contributed by atoms with Gasteiger partial charge >= 0.3 is 0 Å². The van der Waals surface area contributed by atoms with Crippen LogP contribution in [-0.4, -0.2) is 26.0 Å². The quantitative estimate of drug-likeness (QED) is 0.442. The second-order valence-corrected chi connectivity index (χ2v) is 9.81. The number of aromatic nitrogens is 1. The summed E-state index contributed by atoms with van der Waals surface area (Å²) in [6.07, 6.45) is 1.68. The Kier molecular flexibility index (Phi) is 4.85. The summed E-state index contributed by atoms with van der Waals surface area (Å²) in [4.78, 5) is 0.441. The van der Waals surface area contributed by atoms with Crippen molar-refractivity contribution in [1.29, 1.82) is 4.78 Å². The van der Waals surface area contributed by atoms with Gasteiger partial charge in [0.15, 0.2) is 0 Å². The minimum Gasteiger partial charge on any atom is -0.389 e. The van der Waals surface area contributed by atoms with Gasteiger partial charge in [0.1, 0.15) is 9.92 Å². The monoisotopic (exact) mass is 419 g/mol. The minimum absolute atomic E-state index is 0.146. The molecule has 0 spiro atoms. The molecule has 0 saturated heterocycles. The fraction of sp³-hybridized carbons (Fsp3) is 0.250. The van der Waals surface area contributed by atoms with Crippen LogP contribution in [0.3, 0.4) is 0 Å². The average molecular weight is 420 g/mol. The van der Waals surface area contributed by atoms with E-state index in [9.17, 15) is 9.32 Å². The second-order valence-electron chi connectivity index (χ2n) is 7.99. The molecule has 5 rings (SSSR count). The molecule has 1 aromatic heterocycles. The van der Waals surface area contributed by atoms with Crippen molar-refractivity contribution in [2.75, 3.05) is 0 Å². The minimum atomic E-state index is -3.19. The highest BCUT2D eigenvalue weighted by molar-refractivity contribution is 7.90. The largest absolute Gasteiger partial charge is 0.389 e. The fourth-order valence-corrected chi connectivity index (χ4v) is 6.13. The van der Waals surface area contributed by atoms with Crippen molar-refractivity contribution in [3.8, 4) is 0 Å². The van der Waals surface area contributed by atoms with Gasteiger partial charge in [0, 0.05) is 27.8 Å². The Labute approximate surface area is 176 Å². The summed E-state index contributed by atoms with van der Waals surface area (Å²) in [7, 11) is -3.19. The van der Waals surface area contributed by atoms with Crippen molar-refractivity contribution in [3.63, 3.8) is 0 Å². The number of aliphatic hydroxyl groups excluding tert-OH is 1. The van der Waals surface area contributed by atoms with Crippen LogP contribution in [0.5, 0.6) is 0 Å². The van der Waals surface area contributed by atoms with Gasteiger partial charge < -0.3 is 9.67 Å².